The van der Waals surface area contributed by atoms with Gasteiger partial charge in [-0.1, -0.05) is 39.8 Å². The number of carbonyl (C=O) groups excluding carboxylic acids is 3. The number of anilines is 3. The molecule has 5 N–H and O–H groups in total. The molecular formula is C48H56N8O4+2. The van der Waals surface area contributed by atoms with Crippen molar-refractivity contribution in [2.75, 3.05) is 35.6 Å². The molecule has 0 radical (unpaired) electrons. The molecule has 12 heteroatoms. The van der Waals surface area contributed by atoms with Gasteiger partial charge in [-0.3, -0.25) is 14.4 Å². The Morgan fingerprint density at radius 2 is 1.23 bits per heavy atom. The quantitative estimate of drug-likeness (QED) is 0.0431. The fourth-order valence-electron chi connectivity index (χ4n) is 6.94. The number of nitrogens with zero attached hydrogens (tertiary/aromatic N) is 4. The zero-order valence-corrected chi connectivity index (χ0v) is 35.4. The van der Waals surface area contributed by atoms with E-state index in [1.807, 2.05) is 128 Å². The summed E-state index contributed by atoms with van der Waals surface area (Å²) in [5.74, 6) is 0.295. The van der Waals surface area contributed by atoms with Gasteiger partial charge in [0.1, 0.15) is 25.5 Å². The molecule has 12 nitrogen and oxygen atoms in total. The van der Waals surface area contributed by atoms with Gasteiger partial charge in [-0.25, -0.2) is 19.1 Å². The molecule has 7 aromatic rings. The van der Waals surface area contributed by atoms with Crippen LogP contribution in [0.15, 0.2) is 103 Å². The summed E-state index contributed by atoms with van der Waals surface area (Å²) in [6.07, 6.45) is 7.00. The van der Waals surface area contributed by atoms with Crippen LogP contribution >= 0.6 is 0 Å². The van der Waals surface area contributed by atoms with E-state index in [9.17, 15) is 14.4 Å². The number of aryl methyl sites for hydroxylation is 2. The van der Waals surface area contributed by atoms with Gasteiger partial charge in [0.25, 0.3) is 11.8 Å². The predicted molar refractivity (Wildman–Crippen MR) is 240 cm³/mol. The van der Waals surface area contributed by atoms with Crippen LogP contribution in [0.4, 0.5) is 17.1 Å². The van der Waals surface area contributed by atoms with Crippen LogP contribution in [0.3, 0.4) is 0 Å². The smallest absolute Gasteiger partial charge is 0.274 e. The molecule has 0 aliphatic heterocycles. The number of hydrogen-bond acceptors (Lipinski definition) is 7. The first-order valence-electron chi connectivity index (χ1n) is 20.7. The molecule has 0 fully saturated rings. The van der Waals surface area contributed by atoms with E-state index in [2.05, 4.69) is 35.1 Å². The van der Waals surface area contributed by atoms with Crippen LogP contribution in [-0.2, 0) is 18.9 Å². The van der Waals surface area contributed by atoms with E-state index in [0.29, 0.717) is 60.4 Å². The van der Waals surface area contributed by atoms with Crippen LogP contribution in [0.25, 0.3) is 43.6 Å². The molecule has 0 spiro atoms. The minimum Gasteiger partial charge on any atom is -0.396 e. The summed E-state index contributed by atoms with van der Waals surface area (Å²) in [5.41, 5.74) is 5.55. The fourth-order valence-corrected chi connectivity index (χ4v) is 6.94. The highest BCUT2D eigenvalue weighted by atomic mass is 16.3. The van der Waals surface area contributed by atoms with Crippen molar-refractivity contribution in [3.8, 4) is 0 Å². The Balaban J connectivity index is 0.000000937. The second kappa shape index (κ2) is 20.0. The minimum atomic E-state index is -0.372. The fraction of sp³-hybridized carbons (Fsp3) is 0.312. The summed E-state index contributed by atoms with van der Waals surface area (Å²) in [7, 11) is 3.96. The van der Waals surface area contributed by atoms with Gasteiger partial charge in [-0.2, -0.15) is 0 Å². The molecule has 0 aliphatic carbocycles. The number of aromatic nitrogens is 4. The lowest BCUT2D eigenvalue weighted by atomic mass is 10.1. The number of unbranched alkanes of at least 4 members (excludes halogenated alkanes) is 1. The van der Waals surface area contributed by atoms with Gasteiger partial charge in [-0.05, 0) is 85.7 Å². The van der Waals surface area contributed by atoms with E-state index in [4.69, 9.17) is 15.1 Å². The number of nitrogens with one attached hydrogen (secondary N) is 4. The van der Waals surface area contributed by atoms with Crippen LogP contribution in [0, 0.1) is 11.8 Å². The Bertz CT molecular complexity index is 2660. The molecule has 4 aromatic heterocycles. The zero-order valence-electron chi connectivity index (χ0n) is 35.4. The van der Waals surface area contributed by atoms with Crippen LogP contribution in [0.1, 0.15) is 74.4 Å². The lowest BCUT2D eigenvalue weighted by Gasteiger charge is -2.14. The van der Waals surface area contributed by atoms with Crippen LogP contribution in [-0.4, -0.2) is 52.5 Å². The van der Waals surface area contributed by atoms with Gasteiger partial charge in [-0.15, -0.1) is 0 Å². The minimum absolute atomic E-state index is 0.0629. The maximum Gasteiger partial charge on any atom is 0.274 e. The van der Waals surface area contributed by atoms with Crippen molar-refractivity contribution in [2.24, 2.45) is 25.9 Å². The molecule has 0 saturated heterocycles. The number of aliphatic hydroxyl groups excluding tert-OH is 1. The zero-order chi connectivity index (χ0) is 42.8. The van der Waals surface area contributed by atoms with Gasteiger partial charge in [0.2, 0.25) is 16.9 Å². The van der Waals surface area contributed by atoms with Crippen LogP contribution in [0.5, 0.6) is 0 Å². The first kappa shape index (κ1) is 43.1. The monoisotopic (exact) mass is 808 g/mol. The van der Waals surface area contributed by atoms with E-state index in [-0.39, 0.29) is 29.1 Å². The summed E-state index contributed by atoms with van der Waals surface area (Å²) in [6, 6.07) is 28.7. The normalized spacial score (nSPS) is 11.2. The van der Waals surface area contributed by atoms with Crippen molar-refractivity contribution in [3.05, 3.63) is 115 Å². The van der Waals surface area contributed by atoms with E-state index in [1.54, 1.807) is 12.1 Å². The maximum atomic E-state index is 13.9. The molecule has 4 heterocycles. The van der Waals surface area contributed by atoms with E-state index in [0.717, 1.165) is 57.5 Å². The Labute approximate surface area is 351 Å². The number of aliphatic hydroxyl groups is 1. The summed E-state index contributed by atoms with van der Waals surface area (Å²) in [5, 5.41) is 24.3. The second-order valence-electron chi connectivity index (χ2n) is 16.0. The summed E-state index contributed by atoms with van der Waals surface area (Å²) >= 11 is 0. The Hall–Kier alpha value is -6.53. The summed E-state index contributed by atoms with van der Waals surface area (Å²) in [6.45, 7) is 9.78. The lowest BCUT2D eigenvalue weighted by Crippen LogP contribution is -2.27. The van der Waals surface area contributed by atoms with Crippen molar-refractivity contribution in [3.63, 3.8) is 0 Å². The van der Waals surface area contributed by atoms with Crippen molar-refractivity contribution >= 4 is 78.4 Å². The van der Waals surface area contributed by atoms with Crippen molar-refractivity contribution in [1.82, 2.24) is 15.3 Å². The predicted octanol–water partition coefficient (Wildman–Crippen LogP) is 7.62. The number of amides is 3. The molecule has 0 saturated carbocycles. The third-order valence-corrected chi connectivity index (χ3v) is 10.1. The Kier molecular flexibility index (Phi) is 14.3. The summed E-state index contributed by atoms with van der Waals surface area (Å²) < 4.78 is 4.05. The third-order valence-electron chi connectivity index (χ3n) is 10.1. The molecule has 0 atom stereocenters. The van der Waals surface area contributed by atoms with Crippen LogP contribution < -0.4 is 30.4 Å². The molecule has 7 rings (SSSR count). The second-order valence-corrected chi connectivity index (χ2v) is 16.0. The summed E-state index contributed by atoms with van der Waals surface area (Å²) in [4.78, 5) is 49.2. The molecule has 0 unspecified atom stereocenters. The first-order valence-corrected chi connectivity index (χ1v) is 20.7. The van der Waals surface area contributed by atoms with Gasteiger partial charge < -0.3 is 26.4 Å². The molecule has 310 valence electrons. The highest BCUT2D eigenvalue weighted by Crippen LogP contribution is 2.30. The molecule has 0 aliphatic rings. The van der Waals surface area contributed by atoms with E-state index < -0.39 is 0 Å². The number of benzene rings is 3. The van der Waals surface area contributed by atoms with Gasteiger partial charge in [0.05, 0.1) is 11.0 Å². The number of carbonyl (C=O) groups is 3. The Morgan fingerprint density at radius 1 is 0.650 bits per heavy atom. The van der Waals surface area contributed by atoms with Gasteiger partial charge >= 0.3 is 0 Å². The van der Waals surface area contributed by atoms with Crippen molar-refractivity contribution in [1.29, 1.82) is 0 Å². The first-order chi connectivity index (χ1) is 28.9. The standard InChI is InChI=1S/C43H42N8O3.C5H12O/c1-27(2)23-39(52)45-20-6-5-19-44-35-26-36(43(54)47-32-14-18-38-30(25-32)10-8-22-51(38)4)49-41-33(35)15-11-28-12-16-34(48-40(28)41)42(53)46-31-13-17-37-29(24-31)9-7-21-50(37)3;1-5(2)3-4-6/h7-18,21-22,24-27H,5-6,19-20,23H2,1-4H3,(H2-2,44,45,46,47,49,52,53,54);5-6H,3-4H2,1-2H3/p+2. The molecular weight excluding hydrogens is 753 g/mol. The molecule has 0 bridgehead atoms. The van der Waals surface area contributed by atoms with Gasteiger partial charge in [0, 0.05) is 89.0 Å². The average molecular weight is 809 g/mol. The Morgan fingerprint density at radius 3 is 1.82 bits per heavy atom. The molecule has 3 aromatic carbocycles. The van der Waals surface area contributed by atoms with E-state index in [1.165, 1.54) is 0 Å². The number of fused-ring (bicyclic) bond motifs is 5. The van der Waals surface area contributed by atoms with E-state index >= 15 is 0 Å². The topological polar surface area (TPSA) is 153 Å². The highest BCUT2D eigenvalue weighted by molar-refractivity contribution is 6.13. The van der Waals surface area contributed by atoms with Crippen molar-refractivity contribution in [2.45, 2.75) is 53.4 Å². The SMILES string of the molecule is CC(C)CC(=O)NCCCCNc1cc(C(=O)Nc2ccc3c(ccc[n+]3C)c2)nc2c1ccc1ccc(C(=O)Nc3ccc4c(ccc[n+]4C)c3)nc12.CC(C)CCO. The largest absolute Gasteiger partial charge is 0.396 e. The molecule has 3 amide bonds. The highest BCUT2D eigenvalue weighted by Gasteiger charge is 2.18. The van der Waals surface area contributed by atoms with Crippen LogP contribution in [0.2, 0.25) is 0 Å². The number of rotatable bonds is 14. The lowest BCUT2D eigenvalue weighted by molar-refractivity contribution is -0.645. The third kappa shape index (κ3) is 10.9. The average Bonchev–Trinajstić information content (AvgIpc) is 3.21. The van der Waals surface area contributed by atoms with Gasteiger partial charge in [0.15, 0.2) is 12.4 Å². The van der Waals surface area contributed by atoms with Crippen molar-refractivity contribution < 1.29 is 28.6 Å². The number of pyridine rings is 4. The number of hydrogen-bond donors (Lipinski definition) is 5. The molecule has 60 heavy (non-hydrogen) atoms. The maximum absolute atomic E-state index is 13.9.